The maximum atomic E-state index is 10.6. The van der Waals surface area contributed by atoms with E-state index in [0.29, 0.717) is 6.16 Å². The van der Waals surface area contributed by atoms with E-state index in [4.69, 9.17) is 0 Å². The van der Waals surface area contributed by atoms with Crippen LogP contribution in [-0.4, -0.2) is 12.1 Å². The molecule has 0 aliphatic rings. The van der Waals surface area contributed by atoms with Crippen molar-refractivity contribution < 1.29 is 13.9 Å². The summed E-state index contributed by atoms with van der Waals surface area (Å²) in [6, 6.07) is 0. The number of carbonyl (C=O) groups is 1. The fraction of sp³-hybridized carbons (Fsp3) is 0.800. The lowest BCUT2D eigenvalue weighted by molar-refractivity contribution is -0.131. The molecular weight excluding hydrogens is 139 g/mol. The standard InChI is InChI=1S/C5H11O3P/c1-3-4-9(7)8-5(2)6/h9H,3-4H2,1-2H3. The lowest BCUT2D eigenvalue weighted by atomic mass is 10.6. The van der Waals surface area contributed by atoms with Crippen molar-refractivity contribution in [3.05, 3.63) is 0 Å². The maximum Gasteiger partial charge on any atom is 0.307 e. The summed E-state index contributed by atoms with van der Waals surface area (Å²) in [6.07, 6.45) is 1.30. The van der Waals surface area contributed by atoms with Crippen molar-refractivity contribution >= 4 is 14.0 Å². The van der Waals surface area contributed by atoms with Crippen molar-refractivity contribution in [1.82, 2.24) is 0 Å². The number of rotatable bonds is 3. The molecule has 9 heavy (non-hydrogen) atoms. The minimum atomic E-state index is -2.04. The van der Waals surface area contributed by atoms with Gasteiger partial charge in [0.05, 0.1) is 0 Å². The zero-order valence-corrected chi connectivity index (χ0v) is 6.64. The summed E-state index contributed by atoms with van der Waals surface area (Å²) in [5, 5.41) is 0. The fourth-order valence-electron chi connectivity index (χ4n) is 0.415. The third kappa shape index (κ3) is 5.57. The monoisotopic (exact) mass is 150 g/mol. The summed E-state index contributed by atoms with van der Waals surface area (Å²) >= 11 is 0. The van der Waals surface area contributed by atoms with Crippen LogP contribution in [0.3, 0.4) is 0 Å². The van der Waals surface area contributed by atoms with Gasteiger partial charge in [-0.25, -0.2) is 0 Å². The minimum Gasteiger partial charge on any atom is -0.414 e. The van der Waals surface area contributed by atoms with E-state index in [1.165, 1.54) is 6.92 Å². The lowest BCUT2D eigenvalue weighted by Gasteiger charge is -1.97. The first-order chi connectivity index (χ1) is 4.16. The summed E-state index contributed by atoms with van der Waals surface area (Å²) in [5.74, 6) is -0.452. The molecule has 3 nitrogen and oxygen atoms in total. The van der Waals surface area contributed by atoms with E-state index in [2.05, 4.69) is 4.52 Å². The molecule has 0 aliphatic heterocycles. The molecule has 0 aromatic rings. The molecule has 1 unspecified atom stereocenters. The van der Waals surface area contributed by atoms with Crippen LogP contribution < -0.4 is 0 Å². The molecule has 4 heteroatoms. The second-order valence-corrected chi connectivity index (χ2v) is 3.16. The van der Waals surface area contributed by atoms with Crippen LogP contribution >= 0.6 is 8.03 Å². The van der Waals surface area contributed by atoms with Crippen LogP contribution in [0.5, 0.6) is 0 Å². The number of hydrogen-bond acceptors (Lipinski definition) is 3. The average Bonchev–Trinajstić information content (AvgIpc) is 1.63. The fourth-order valence-corrected chi connectivity index (χ4v) is 1.25. The van der Waals surface area contributed by atoms with Gasteiger partial charge in [0.25, 0.3) is 0 Å². The largest absolute Gasteiger partial charge is 0.414 e. The molecule has 0 aromatic carbocycles. The van der Waals surface area contributed by atoms with Gasteiger partial charge in [-0.05, 0) is 6.42 Å². The van der Waals surface area contributed by atoms with Crippen molar-refractivity contribution in [3.8, 4) is 0 Å². The molecule has 0 saturated heterocycles. The number of hydrogen-bond donors (Lipinski definition) is 0. The molecule has 0 N–H and O–H groups in total. The Balaban J connectivity index is 3.39. The minimum absolute atomic E-state index is 0.452. The summed E-state index contributed by atoms with van der Waals surface area (Å²) in [5.41, 5.74) is 0. The predicted octanol–water partition coefficient (Wildman–Crippen LogP) is 1.43. The Bertz CT molecular complexity index is 121. The van der Waals surface area contributed by atoms with Gasteiger partial charge in [0.1, 0.15) is 0 Å². The van der Waals surface area contributed by atoms with Crippen molar-refractivity contribution in [2.24, 2.45) is 0 Å². The lowest BCUT2D eigenvalue weighted by Crippen LogP contribution is -1.90. The molecule has 0 heterocycles. The van der Waals surface area contributed by atoms with E-state index in [-0.39, 0.29) is 0 Å². The van der Waals surface area contributed by atoms with Gasteiger partial charge in [-0.3, -0.25) is 9.36 Å². The molecule has 0 aromatic heterocycles. The Hall–Kier alpha value is -0.300. The summed E-state index contributed by atoms with van der Waals surface area (Å²) in [6.45, 7) is 3.16. The normalized spacial score (nSPS) is 12.7. The summed E-state index contributed by atoms with van der Waals surface area (Å²) in [4.78, 5) is 10.1. The zero-order valence-electron chi connectivity index (χ0n) is 5.64. The SMILES string of the molecule is CCC[PH](=O)OC(C)=O. The molecule has 0 aliphatic carbocycles. The van der Waals surface area contributed by atoms with E-state index in [0.717, 1.165) is 6.42 Å². The Morgan fingerprint density at radius 2 is 2.22 bits per heavy atom. The second-order valence-electron chi connectivity index (χ2n) is 1.72. The van der Waals surface area contributed by atoms with Crippen LogP contribution in [0.25, 0.3) is 0 Å². The van der Waals surface area contributed by atoms with Gasteiger partial charge in [0.15, 0.2) is 0 Å². The molecule has 0 rings (SSSR count). The first kappa shape index (κ1) is 8.70. The van der Waals surface area contributed by atoms with E-state index >= 15 is 0 Å². The molecular formula is C5H11O3P. The van der Waals surface area contributed by atoms with Gasteiger partial charge in [-0.1, -0.05) is 6.92 Å². The number of carbonyl (C=O) groups excluding carboxylic acids is 1. The van der Waals surface area contributed by atoms with Crippen molar-refractivity contribution in [1.29, 1.82) is 0 Å². The van der Waals surface area contributed by atoms with Gasteiger partial charge in [-0.15, -0.1) is 0 Å². The van der Waals surface area contributed by atoms with E-state index in [1.807, 2.05) is 6.92 Å². The van der Waals surface area contributed by atoms with Crippen LogP contribution in [0.15, 0.2) is 0 Å². The van der Waals surface area contributed by atoms with Crippen LogP contribution in [0.2, 0.25) is 0 Å². The smallest absolute Gasteiger partial charge is 0.307 e. The third-order valence-corrected chi connectivity index (χ3v) is 2.14. The Kier molecular flexibility index (Phi) is 4.41. The van der Waals surface area contributed by atoms with E-state index in [9.17, 15) is 9.36 Å². The highest BCUT2D eigenvalue weighted by Gasteiger charge is 1.99. The van der Waals surface area contributed by atoms with Crippen LogP contribution in [0.1, 0.15) is 20.3 Å². The summed E-state index contributed by atoms with van der Waals surface area (Å²) in [7, 11) is -2.04. The zero-order chi connectivity index (χ0) is 7.28. The average molecular weight is 150 g/mol. The van der Waals surface area contributed by atoms with Crippen molar-refractivity contribution in [2.75, 3.05) is 6.16 Å². The molecule has 0 bridgehead atoms. The van der Waals surface area contributed by atoms with Crippen LogP contribution in [0, 0.1) is 0 Å². The Morgan fingerprint density at radius 1 is 1.67 bits per heavy atom. The molecule has 54 valence electrons. The summed E-state index contributed by atoms with van der Waals surface area (Å²) < 4.78 is 15.0. The van der Waals surface area contributed by atoms with Crippen molar-refractivity contribution in [2.45, 2.75) is 20.3 Å². The quantitative estimate of drug-likeness (QED) is 0.571. The molecule has 0 radical (unpaired) electrons. The molecule has 1 atom stereocenters. The second kappa shape index (κ2) is 4.57. The van der Waals surface area contributed by atoms with E-state index in [1.54, 1.807) is 0 Å². The van der Waals surface area contributed by atoms with Crippen LogP contribution in [-0.2, 0) is 13.9 Å². The predicted molar refractivity (Wildman–Crippen MR) is 35.9 cm³/mol. The van der Waals surface area contributed by atoms with E-state index < -0.39 is 14.0 Å². The first-order valence-corrected chi connectivity index (χ1v) is 4.40. The topological polar surface area (TPSA) is 43.4 Å². The van der Waals surface area contributed by atoms with Gasteiger partial charge in [-0.2, -0.15) is 0 Å². The first-order valence-electron chi connectivity index (χ1n) is 2.88. The Morgan fingerprint density at radius 3 is 2.56 bits per heavy atom. The highest BCUT2D eigenvalue weighted by Crippen LogP contribution is 2.22. The molecule has 0 saturated carbocycles. The highest BCUT2D eigenvalue weighted by molar-refractivity contribution is 7.39. The molecule has 0 amide bonds. The Labute approximate surface area is 55.3 Å². The highest BCUT2D eigenvalue weighted by atomic mass is 31.1. The van der Waals surface area contributed by atoms with Gasteiger partial charge in [0, 0.05) is 13.1 Å². The van der Waals surface area contributed by atoms with Gasteiger partial charge in [0.2, 0.25) is 8.03 Å². The van der Waals surface area contributed by atoms with Crippen molar-refractivity contribution in [3.63, 3.8) is 0 Å². The van der Waals surface area contributed by atoms with Gasteiger partial charge < -0.3 is 4.52 Å². The van der Waals surface area contributed by atoms with Crippen LogP contribution in [0.4, 0.5) is 0 Å². The maximum absolute atomic E-state index is 10.6. The van der Waals surface area contributed by atoms with Gasteiger partial charge >= 0.3 is 5.97 Å². The third-order valence-electron chi connectivity index (χ3n) is 0.712. The molecule has 0 spiro atoms. The molecule has 0 fully saturated rings.